The molecule has 3 aromatic rings. The molecule has 1 fully saturated rings. The number of fused-ring (bicyclic) bond motifs is 1. The second kappa shape index (κ2) is 8.07. The van der Waals surface area contributed by atoms with Gasteiger partial charge in [0.25, 0.3) is 0 Å². The Morgan fingerprint density at radius 3 is 2.63 bits per heavy atom. The number of piperidine rings is 1. The number of nitrogens with zero attached hydrogens (tertiary/aromatic N) is 2. The van der Waals surface area contributed by atoms with Gasteiger partial charge in [-0.2, -0.15) is 0 Å². The van der Waals surface area contributed by atoms with Crippen LogP contribution in [0.3, 0.4) is 0 Å². The normalized spacial score (nSPS) is 18.6. The molecule has 0 unspecified atom stereocenters. The van der Waals surface area contributed by atoms with Crippen LogP contribution in [0.15, 0.2) is 40.8 Å². The van der Waals surface area contributed by atoms with Crippen molar-refractivity contribution in [2.75, 3.05) is 13.2 Å². The highest BCUT2D eigenvalue weighted by Gasteiger charge is 2.40. The summed E-state index contributed by atoms with van der Waals surface area (Å²) >= 11 is 0. The highest BCUT2D eigenvalue weighted by atomic mass is 16.5. The summed E-state index contributed by atoms with van der Waals surface area (Å²) in [5.74, 6) is 1.47. The van der Waals surface area contributed by atoms with Crippen LogP contribution in [0.2, 0.25) is 0 Å². The number of benzene rings is 2. The van der Waals surface area contributed by atoms with Gasteiger partial charge in [0, 0.05) is 23.2 Å². The van der Waals surface area contributed by atoms with E-state index in [9.17, 15) is 0 Å². The molecule has 0 N–H and O–H groups in total. The Hall–Kier alpha value is -2.33. The molecule has 0 bridgehead atoms. The Morgan fingerprint density at radius 1 is 1.13 bits per heavy atom. The van der Waals surface area contributed by atoms with Crippen molar-refractivity contribution in [2.45, 2.75) is 71.4 Å². The molecule has 2 heterocycles. The van der Waals surface area contributed by atoms with Crippen molar-refractivity contribution >= 4 is 11.1 Å². The highest BCUT2D eigenvalue weighted by molar-refractivity contribution is 5.77. The first-order chi connectivity index (χ1) is 14.3. The monoisotopic (exact) mass is 405 g/mol. The number of rotatable bonds is 6. The lowest BCUT2D eigenvalue weighted by Gasteiger charge is -2.53. The largest absolute Gasteiger partial charge is 0.492 e. The number of hydrogen-bond donors (Lipinski definition) is 0. The average molecular weight is 406 g/mol. The van der Waals surface area contributed by atoms with E-state index in [2.05, 4.69) is 50.6 Å². The minimum atomic E-state index is 0.208. The smallest absolute Gasteiger partial charge is 0.227 e. The molecule has 0 atom stereocenters. The Labute approximate surface area is 180 Å². The Bertz CT molecular complexity index is 1000. The second-order valence-corrected chi connectivity index (χ2v) is 9.59. The van der Waals surface area contributed by atoms with Gasteiger partial charge in [-0.05, 0) is 95.3 Å². The summed E-state index contributed by atoms with van der Waals surface area (Å²) in [7, 11) is 0. The van der Waals surface area contributed by atoms with Gasteiger partial charge in [0.05, 0.1) is 0 Å². The SMILES string of the molecule is CCc1[c]cc2oc(-c3cccc(OCCN4C(C)(C)CCCC4(C)C)c3)nc2c1. The minimum Gasteiger partial charge on any atom is -0.492 e. The fraction of sp³-hybridized carbons (Fsp3) is 0.500. The first-order valence-electron chi connectivity index (χ1n) is 11.1. The van der Waals surface area contributed by atoms with Crippen molar-refractivity contribution in [3.05, 3.63) is 48.0 Å². The number of aryl methyl sites for hydroxylation is 1. The molecule has 0 spiro atoms. The molecule has 1 radical (unpaired) electrons. The van der Waals surface area contributed by atoms with E-state index in [1.165, 1.54) is 19.3 Å². The van der Waals surface area contributed by atoms with E-state index in [0.717, 1.165) is 40.9 Å². The molecular weight excluding hydrogens is 372 g/mol. The maximum absolute atomic E-state index is 6.15. The van der Waals surface area contributed by atoms with Crippen molar-refractivity contribution in [3.8, 4) is 17.2 Å². The molecule has 2 aromatic carbocycles. The van der Waals surface area contributed by atoms with Gasteiger partial charge in [-0.3, -0.25) is 4.90 Å². The zero-order valence-electron chi connectivity index (χ0n) is 18.9. The van der Waals surface area contributed by atoms with Crippen LogP contribution in [0.25, 0.3) is 22.6 Å². The van der Waals surface area contributed by atoms with Crippen LogP contribution >= 0.6 is 0 Å². The number of likely N-dealkylation sites (tertiary alicyclic amines) is 1. The van der Waals surface area contributed by atoms with Gasteiger partial charge in [-0.25, -0.2) is 4.98 Å². The predicted molar refractivity (Wildman–Crippen MR) is 122 cm³/mol. The standard InChI is InChI=1S/C26H33N2O2/c1-6-19-11-12-23-22(17-19)27-24(30-23)20-9-7-10-21(18-20)29-16-15-28-25(2,3)13-8-14-26(28,4)5/h7,9-10,12,17-18H,6,8,13-16H2,1-5H3. The van der Waals surface area contributed by atoms with Gasteiger partial charge in [0.15, 0.2) is 5.58 Å². The molecule has 159 valence electrons. The van der Waals surface area contributed by atoms with Gasteiger partial charge in [-0.1, -0.05) is 13.0 Å². The van der Waals surface area contributed by atoms with Gasteiger partial charge >= 0.3 is 0 Å². The number of hydrogen-bond acceptors (Lipinski definition) is 4. The molecule has 1 aliphatic heterocycles. The van der Waals surface area contributed by atoms with E-state index in [1.807, 2.05) is 36.4 Å². The van der Waals surface area contributed by atoms with E-state index in [1.54, 1.807) is 0 Å². The topological polar surface area (TPSA) is 38.5 Å². The summed E-state index contributed by atoms with van der Waals surface area (Å²) in [6, 6.07) is 15.2. The summed E-state index contributed by atoms with van der Waals surface area (Å²) in [4.78, 5) is 7.28. The predicted octanol–water partition coefficient (Wildman–Crippen LogP) is 6.28. The van der Waals surface area contributed by atoms with E-state index >= 15 is 0 Å². The van der Waals surface area contributed by atoms with Crippen LogP contribution in [0.5, 0.6) is 5.75 Å². The van der Waals surface area contributed by atoms with E-state index in [0.29, 0.717) is 12.5 Å². The lowest BCUT2D eigenvalue weighted by Crippen LogP contribution is -2.59. The van der Waals surface area contributed by atoms with Crippen LogP contribution in [-0.4, -0.2) is 34.1 Å². The number of aromatic nitrogens is 1. The molecule has 0 amide bonds. The summed E-state index contributed by atoms with van der Waals surface area (Å²) in [5.41, 5.74) is 4.13. The fourth-order valence-electron chi connectivity index (χ4n) is 4.87. The van der Waals surface area contributed by atoms with Crippen LogP contribution in [0.4, 0.5) is 0 Å². The van der Waals surface area contributed by atoms with Gasteiger partial charge in [-0.15, -0.1) is 0 Å². The zero-order chi connectivity index (χ0) is 21.4. The van der Waals surface area contributed by atoms with Crippen molar-refractivity contribution in [3.63, 3.8) is 0 Å². The maximum Gasteiger partial charge on any atom is 0.227 e. The van der Waals surface area contributed by atoms with Gasteiger partial charge in [0.2, 0.25) is 5.89 Å². The molecule has 0 saturated carbocycles. The van der Waals surface area contributed by atoms with E-state index in [4.69, 9.17) is 9.15 Å². The van der Waals surface area contributed by atoms with Crippen LogP contribution in [-0.2, 0) is 6.42 Å². The first kappa shape index (κ1) is 20.9. The third kappa shape index (κ3) is 4.24. The summed E-state index contributed by atoms with van der Waals surface area (Å²) in [5, 5.41) is 0. The third-order valence-electron chi connectivity index (χ3n) is 6.46. The van der Waals surface area contributed by atoms with E-state index in [-0.39, 0.29) is 11.1 Å². The molecule has 4 heteroatoms. The van der Waals surface area contributed by atoms with Crippen LogP contribution in [0.1, 0.15) is 59.4 Å². The summed E-state index contributed by atoms with van der Waals surface area (Å²) in [6.45, 7) is 13.1. The lowest BCUT2D eigenvalue weighted by atomic mass is 9.80. The zero-order valence-corrected chi connectivity index (χ0v) is 18.9. The molecule has 1 aromatic heterocycles. The summed E-state index contributed by atoms with van der Waals surface area (Å²) < 4.78 is 12.1. The van der Waals surface area contributed by atoms with Crippen molar-refractivity contribution < 1.29 is 9.15 Å². The first-order valence-corrected chi connectivity index (χ1v) is 11.1. The molecule has 0 aliphatic carbocycles. The van der Waals surface area contributed by atoms with Gasteiger partial charge in [0.1, 0.15) is 17.9 Å². The minimum absolute atomic E-state index is 0.208. The number of ether oxygens (including phenoxy) is 1. The molecule has 4 rings (SSSR count). The lowest BCUT2D eigenvalue weighted by molar-refractivity contribution is -0.0340. The molecular formula is C26H33N2O2. The van der Waals surface area contributed by atoms with Crippen LogP contribution in [0, 0.1) is 6.07 Å². The van der Waals surface area contributed by atoms with E-state index < -0.39 is 0 Å². The third-order valence-corrected chi connectivity index (χ3v) is 6.46. The Balaban J connectivity index is 1.46. The van der Waals surface area contributed by atoms with Gasteiger partial charge < -0.3 is 9.15 Å². The van der Waals surface area contributed by atoms with Crippen molar-refractivity contribution in [1.29, 1.82) is 0 Å². The maximum atomic E-state index is 6.15. The fourth-order valence-corrected chi connectivity index (χ4v) is 4.87. The molecule has 1 saturated heterocycles. The Morgan fingerprint density at radius 2 is 1.90 bits per heavy atom. The second-order valence-electron chi connectivity index (χ2n) is 9.59. The molecule has 4 nitrogen and oxygen atoms in total. The molecule has 1 aliphatic rings. The quantitative estimate of drug-likeness (QED) is 0.484. The summed E-state index contributed by atoms with van der Waals surface area (Å²) in [6.07, 6.45) is 4.70. The van der Waals surface area contributed by atoms with Crippen LogP contribution < -0.4 is 4.74 Å². The van der Waals surface area contributed by atoms with Crippen molar-refractivity contribution in [2.24, 2.45) is 0 Å². The molecule has 30 heavy (non-hydrogen) atoms. The van der Waals surface area contributed by atoms with Crippen molar-refractivity contribution in [1.82, 2.24) is 9.88 Å². The highest BCUT2D eigenvalue weighted by Crippen LogP contribution is 2.37. The average Bonchev–Trinajstić information content (AvgIpc) is 3.13. The Kier molecular flexibility index (Phi) is 5.63. The number of oxazole rings is 1.